The highest BCUT2D eigenvalue weighted by Crippen LogP contribution is 2.13. The van der Waals surface area contributed by atoms with Crippen LogP contribution in [0.25, 0.3) is 0 Å². The lowest BCUT2D eigenvalue weighted by Crippen LogP contribution is -2.49. The second-order valence-electron chi connectivity index (χ2n) is 5.45. The van der Waals surface area contributed by atoms with Crippen molar-refractivity contribution in [1.29, 1.82) is 0 Å². The van der Waals surface area contributed by atoms with E-state index in [0.717, 1.165) is 11.1 Å². The molecule has 5 heteroatoms. The smallest absolute Gasteiger partial charge is 0.326 e. The lowest BCUT2D eigenvalue weighted by atomic mass is 9.99. The summed E-state index contributed by atoms with van der Waals surface area (Å²) in [4.78, 5) is 23.1. The molecule has 3 atom stereocenters. The highest BCUT2D eigenvalue weighted by atomic mass is 16.4. The molecule has 5 nitrogen and oxygen atoms in total. The van der Waals surface area contributed by atoms with Crippen molar-refractivity contribution < 1.29 is 14.7 Å². The number of hydrogen-bond acceptors (Lipinski definition) is 2. The number of rotatable bonds is 6. The first-order chi connectivity index (χ1) is 9.85. The highest BCUT2D eigenvalue weighted by Gasteiger charge is 2.25. The predicted molar refractivity (Wildman–Crippen MR) is 82.1 cm³/mol. The van der Waals surface area contributed by atoms with Gasteiger partial charge in [0.25, 0.3) is 0 Å². The van der Waals surface area contributed by atoms with E-state index >= 15 is 0 Å². The van der Waals surface area contributed by atoms with Gasteiger partial charge in [-0.05, 0) is 25.3 Å². The fourth-order valence-corrected chi connectivity index (χ4v) is 2.00. The van der Waals surface area contributed by atoms with E-state index in [9.17, 15) is 9.59 Å². The normalized spacial score (nSPS) is 14.9. The van der Waals surface area contributed by atoms with Crippen LogP contribution in [0.15, 0.2) is 24.3 Å². The molecule has 0 aliphatic rings. The molecule has 0 fully saturated rings. The molecule has 0 aromatic heterocycles. The van der Waals surface area contributed by atoms with E-state index in [0.29, 0.717) is 6.42 Å². The molecular formula is C16H24N2O3. The number of carboxylic acid groups (broad SMARTS) is 1. The van der Waals surface area contributed by atoms with Crippen molar-refractivity contribution in [3.8, 4) is 0 Å². The zero-order valence-electron chi connectivity index (χ0n) is 13.0. The summed E-state index contributed by atoms with van der Waals surface area (Å²) >= 11 is 0. The van der Waals surface area contributed by atoms with Crippen molar-refractivity contribution in [2.75, 3.05) is 0 Å². The first-order valence-electron chi connectivity index (χ1n) is 7.21. The van der Waals surface area contributed by atoms with Gasteiger partial charge in [0.2, 0.25) is 0 Å². The fourth-order valence-electron chi connectivity index (χ4n) is 2.00. The molecule has 0 heterocycles. The Kier molecular flexibility index (Phi) is 6.21. The number of carbonyl (C=O) groups is 2. The predicted octanol–water partition coefficient (Wildman–Crippen LogP) is 2.85. The van der Waals surface area contributed by atoms with Gasteiger partial charge in [-0.25, -0.2) is 9.59 Å². The zero-order chi connectivity index (χ0) is 16.0. The Morgan fingerprint density at radius 3 is 2.19 bits per heavy atom. The molecule has 2 amide bonds. The second-order valence-corrected chi connectivity index (χ2v) is 5.45. The third-order valence-corrected chi connectivity index (χ3v) is 3.69. The van der Waals surface area contributed by atoms with Crippen LogP contribution in [0.2, 0.25) is 0 Å². The molecule has 1 rings (SSSR count). The number of carbonyl (C=O) groups excluding carboxylic acids is 1. The van der Waals surface area contributed by atoms with E-state index in [-0.39, 0.29) is 12.0 Å². The van der Waals surface area contributed by atoms with Crippen molar-refractivity contribution >= 4 is 12.0 Å². The fraction of sp³-hybridized carbons (Fsp3) is 0.500. The Morgan fingerprint density at radius 2 is 1.71 bits per heavy atom. The van der Waals surface area contributed by atoms with Crippen LogP contribution in [-0.4, -0.2) is 23.1 Å². The Balaban J connectivity index is 2.63. The summed E-state index contributed by atoms with van der Waals surface area (Å²) in [5, 5.41) is 14.5. The lowest BCUT2D eigenvalue weighted by molar-refractivity contribution is -0.140. The zero-order valence-corrected chi connectivity index (χ0v) is 13.0. The van der Waals surface area contributed by atoms with Gasteiger partial charge in [0.1, 0.15) is 6.04 Å². The Morgan fingerprint density at radius 1 is 1.14 bits per heavy atom. The van der Waals surface area contributed by atoms with Gasteiger partial charge < -0.3 is 15.7 Å². The van der Waals surface area contributed by atoms with E-state index in [4.69, 9.17) is 5.11 Å². The Labute approximate surface area is 125 Å². The van der Waals surface area contributed by atoms with Crippen LogP contribution < -0.4 is 10.6 Å². The highest BCUT2D eigenvalue weighted by molar-refractivity contribution is 5.82. The van der Waals surface area contributed by atoms with Crippen LogP contribution >= 0.6 is 0 Å². The summed E-state index contributed by atoms with van der Waals surface area (Å²) in [5.41, 5.74) is 2.13. The van der Waals surface area contributed by atoms with Crippen LogP contribution in [0.3, 0.4) is 0 Å². The lowest BCUT2D eigenvalue weighted by Gasteiger charge is -2.22. The number of carboxylic acids is 1. The number of aryl methyl sites for hydroxylation is 1. The van der Waals surface area contributed by atoms with Crippen LogP contribution in [0.4, 0.5) is 4.79 Å². The summed E-state index contributed by atoms with van der Waals surface area (Å²) in [6, 6.07) is 6.33. The first kappa shape index (κ1) is 17.0. The number of amides is 2. The molecule has 1 unspecified atom stereocenters. The van der Waals surface area contributed by atoms with Gasteiger partial charge in [0.05, 0.1) is 6.04 Å². The molecule has 116 valence electrons. The summed E-state index contributed by atoms with van der Waals surface area (Å²) in [5.74, 6) is -1.13. The van der Waals surface area contributed by atoms with Gasteiger partial charge in [0, 0.05) is 0 Å². The minimum Gasteiger partial charge on any atom is -0.480 e. The minimum absolute atomic E-state index is 0.122. The molecule has 0 aliphatic heterocycles. The largest absolute Gasteiger partial charge is 0.480 e. The summed E-state index contributed by atoms with van der Waals surface area (Å²) in [6.07, 6.45) is 0.685. The van der Waals surface area contributed by atoms with Crippen LogP contribution in [0.1, 0.15) is 44.4 Å². The van der Waals surface area contributed by atoms with Gasteiger partial charge in [0.15, 0.2) is 0 Å². The number of hydrogen-bond donors (Lipinski definition) is 3. The van der Waals surface area contributed by atoms with E-state index in [1.807, 2.05) is 52.0 Å². The quantitative estimate of drug-likeness (QED) is 0.754. The number of benzene rings is 1. The molecule has 0 aliphatic carbocycles. The molecule has 0 bridgehead atoms. The maximum Gasteiger partial charge on any atom is 0.326 e. The maximum atomic E-state index is 11.9. The number of urea groups is 1. The first-order valence-corrected chi connectivity index (χ1v) is 7.21. The molecule has 0 spiro atoms. The summed E-state index contributed by atoms with van der Waals surface area (Å²) in [7, 11) is 0. The molecular weight excluding hydrogens is 268 g/mol. The molecule has 0 saturated carbocycles. The van der Waals surface area contributed by atoms with Crippen molar-refractivity contribution in [1.82, 2.24) is 10.6 Å². The van der Waals surface area contributed by atoms with E-state index in [1.54, 1.807) is 0 Å². The van der Waals surface area contributed by atoms with Gasteiger partial charge in [-0.3, -0.25) is 0 Å². The molecule has 0 saturated heterocycles. The van der Waals surface area contributed by atoms with Gasteiger partial charge in [-0.15, -0.1) is 0 Å². The molecule has 0 radical (unpaired) electrons. The third kappa shape index (κ3) is 5.10. The average molecular weight is 292 g/mol. The van der Waals surface area contributed by atoms with Crippen molar-refractivity contribution in [3.63, 3.8) is 0 Å². The Bertz CT molecular complexity index is 485. The van der Waals surface area contributed by atoms with Crippen molar-refractivity contribution in [2.45, 2.75) is 46.2 Å². The number of aliphatic carboxylic acids is 1. The number of nitrogens with one attached hydrogen (secondary N) is 2. The van der Waals surface area contributed by atoms with Gasteiger partial charge in [-0.1, -0.05) is 50.1 Å². The standard InChI is InChI=1S/C16H24N2O3/c1-5-11(3)14(15(19)20)18-16(21)17-12(4)13-8-6-10(2)7-9-13/h6-9,11-12,14H,5H2,1-4H3,(H,19,20)(H2,17,18,21)/t11-,12?,14-/m0/s1. The average Bonchev–Trinajstić information content (AvgIpc) is 2.44. The van der Waals surface area contributed by atoms with E-state index in [2.05, 4.69) is 10.6 Å². The van der Waals surface area contributed by atoms with Crippen LogP contribution in [0.5, 0.6) is 0 Å². The third-order valence-electron chi connectivity index (χ3n) is 3.69. The maximum absolute atomic E-state index is 11.9. The minimum atomic E-state index is -1.01. The van der Waals surface area contributed by atoms with E-state index < -0.39 is 18.0 Å². The van der Waals surface area contributed by atoms with E-state index in [1.165, 1.54) is 0 Å². The summed E-state index contributed by atoms with van der Waals surface area (Å²) < 4.78 is 0. The second kappa shape index (κ2) is 7.67. The molecule has 1 aromatic rings. The van der Waals surface area contributed by atoms with Gasteiger partial charge in [-0.2, -0.15) is 0 Å². The van der Waals surface area contributed by atoms with Crippen molar-refractivity contribution in [2.24, 2.45) is 5.92 Å². The van der Waals surface area contributed by atoms with Crippen LogP contribution in [-0.2, 0) is 4.79 Å². The van der Waals surface area contributed by atoms with Crippen molar-refractivity contribution in [3.05, 3.63) is 35.4 Å². The SMILES string of the molecule is CC[C@H](C)[C@H](NC(=O)NC(C)c1ccc(C)cc1)C(=O)O. The molecule has 1 aromatic carbocycles. The van der Waals surface area contributed by atoms with Gasteiger partial charge >= 0.3 is 12.0 Å². The van der Waals surface area contributed by atoms with Crippen LogP contribution in [0, 0.1) is 12.8 Å². The molecule has 3 N–H and O–H groups in total. The monoisotopic (exact) mass is 292 g/mol. The Hall–Kier alpha value is -2.04. The summed E-state index contributed by atoms with van der Waals surface area (Å²) in [6.45, 7) is 7.57. The topological polar surface area (TPSA) is 78.4 Å². The molecule has 21 heavy (non-hydrogen) atoms.